The Morgan fingerprint density at radius 1 is 1.53 bits per heavy atom. The Morgan fingerprint density at radius 3 is 2.88 bits per heavy atom. The number of thiophene rings is 1. The van der Waals surface area contributed by atoms with E-state index in [-0.39, 0.29) is 24.4 Å². The van der Waals surface area contributed by atoms with Gasteiger partial charge in [-0.25, -0.2) is 0 Å². The molecule has 0 bridgehead atoms. The quantitative estimate of drug-likeness (QED) is 0.909. The fourth-order valence-electron chi connectivity index (χ4n) is 1.91. The normalized spacial score (nSPS) is 20.6. The molecule has 0 aromatic carbocycles. The SMILES string of the molecule is CCC1C(=O)NCC(=O)N1Cc1ccc(Cl)s1. The topological polar surface area (TPSA) is 49.4 Å². The van der Waals surface area contributed by atoms with Gasteiger partial charge in [0.2, 0.25) is 11.8 Å². The summed E-state index contributed by atoms with van der Waals surface area (Å²) in [7, 11) is 0. The van der Waals surface area contributed by atoms with Gasteiger partial charge in [-0.05, 0) is 18.6 Å². The summed E-state index contributed by atoms with van der Waals surface area (Å²) in [6, 6.07) is 3.33. The van der Waals surface area contributed by atoms with Crippen molar-refractivity contribution in [2.45, 2.75) is 25.9 Å². The first kappa shape index (κ1) is 12.4. The molecule has 0 aliphatic carbocycles. The van der Waals surface area contributed by atoms with Gasteiger partial charge in [-0.1, -0.05) is 18.5 Å². The summed E-state index contributed by atoms with van der Waals surface area (Å²) in [6.07, 6.45) is 0.622. The third-order valence-corrected chi connectivity index (χ3v) is 3.97. The molecule has 1 aliphatic heterocycles. The van der Waals surface area contributed by atoms with Crippen molar-refractivity contribution in [2.75, 3.05) is 6.54 Å². The lowest BCUT2D eigenvalue weighted by atomic mass is 10.1. The molecule has 1 saturated heterocycles. The van der Waals surface area contributed by atoms with Gasteiger partial charge in [0.25, 0.3) is 0 Å². The number of carbonyl (C=O) groups excluding carboxylic acids is 2. The minimum Gasteiger partial charge on any atom is -0.345 e. The van der Waals surface area contributed by atoms with Gasteiger partial charge in [-0.2, -0.15) is 0 Å². The van der Waals surface area contributed by atoms with Crippen LogP contribution in [0.25, 0.3) is 0 Å². The van der Waals surface area contributed by atoms with E-state index in [1.165, 1.54) is 11.3 Å². The highest BCUT2D eigenvalue weighted by atomic mass is 35.5. The number of carbonyl (C=O) groups is 2. The van der Waals surface area contributed by atoms with Crippen LogP contribution >= 0.6 is 22.9 Å². The Kier molecular flexibility index (Phi) is 3.69. The molecule has 1 unspecified atom stereocenters. The molecule has 6 heteroatoms. The number of hydrogen-bond acceptors (Lipinski definition) is 3. The average molecular weight is 273 g/mol. The molecule has 1 fully saturated rings. The van der Waals surface area contributed by atoms with Crippen LogP contribution in [-0.4, -0.2) is 29.3 Å². The number of piperazine rings is 1. The summed E-state index contributed by atoms with van der Waals surface area (Å²) in [6.45, 7) is 2.45. The molecule has 2 rings (SSSR count). The van der Waals surface area contributed by atoms with Crippen molar-refractivity contribution < 1.29 is 9.59 Å². The standard InChI is InChI=1S/C11H13ClN2O2S/c1-2-8-11(16)13-5-10(15)14(8)6-7-3-4-9(12)17-7/h3-4,8H,2,5-6H2,1H3,(H,13,16). The van der Waals surface area contributed by atoms with E-state index in [9.17, 15) is 9.59 Å². The summed E-state index contributed by atoms with van der Waals surface area (Å²) in [4.78, 5) is 26.1. The summed E-state index contributed by atoms with van der Waals surface area (Å²) in [5.41, 5.74) is 0. The van der Waals surface area contributed by atoms with Gasteiger partial charge in [-0.15, -0.1) is 11.3 Å². The average Bonchev–Trinajstić information content (AvgIpc) is 2.70. The van der Waals surface area contributed by atoms with Crippen molar-refractivity contribution >= 4 is 34.8 Å². The van der Waals surface area contributed by atoms with Crippen LogP contribution in [0, 0.1) is 0 Å². The van der Waals surface area contributed by atoms with Crippen LogP contribution in [0.4, 0.5) is 0 Å². The predicted octanol–water partition coefficient (Wildman–Crippen LogP) is 1.64. The molecule has 92 valence electrons. The van der Waals surface area contributed by atoms with E-state index in [0.717, 1.165) is 4.88 Å². The first-order valence-electron chi connectivity index (χ1n) is 5.43. The third kappa shape index (κ3) is 2.61. The first-order valence-corrected chi connectivity index (χ1v) is 6.62. The fourth-order valence-corrected chi connectivity index (χ4v) is 2.99. The van der Waals surface area contributed by atoms with Gasteiger partial charge in [0.1, 0.15) is 6.04 Å². The molecule has 4 nitrogen and oxygen atoms in total. The third-order valence-electron chi connectivity index (χ3n) is 2.75. The summed E-state index contributed by atoms with van der Waals surface area (Å²) in [5, 5.41) is 2.60. The molecule has 1 aliphatic rings. The van der Waals surface area contributed by atoms with E-state index in [2.05, 4.69) is 5.32 Å². The minimum absolute atomic E-state index is 0.0408. The molecule has 1 N–H and O–H groups in total. The lowest BCUT2D eigenvalue weighted by Gasteiger charge is -2.34. The van der Waals surface area contributed by atoms with E-state index in [0.29, 0.717) is 17.3 Å². The second kappa shape index (κ2) is 5.06. The second-order valence-electron chi connectivity index (χ2n) is 3.87. The van der Waals surface area contributed by atoms with Gasteiger partial charge >= 0.3 is 0 Å². The van der Waals surface area contributed by atoms with Crippen LogP contribution in [0.3, 0.4) is 0 Å². The van der Waals surface area contributed by atoms with Gasteiger partial charge in [-0.3, -0.25) is 9.59 Å². The van der Waals surface area contributed by atoms with Crippen LogP contribution in [0.2, 0.25) is 4.34 Å². The van der Waals surface area contributed by atoms with E-state index in [1.54, 1.807) is 11.0 Å². The maximum absolute atomic E-state index is 11.8. The van der Waals surface area contributed by atoms with Gasteiger partial charge in [0.05, 0.1) is 17.4 Å². The summed E-state index contributed by atoms with van der Waals surface area (Å²) < 4.78 is 0.696. The van der Waals surface area contributed by atoms with Crippen LogP contribution in [0.5, 0.6) is 0 Å². The largest absolute Gasteiger partial charge is 0.345 e. The van der Waals surface area contributed by atoms with Gasteiger partial charge in [0.15, 0.2) is 0 Å². The zero-order valence-corrected chi connectivity index (χ0v) is 11.0. The van der Waals surface area contributed by atoms with Crippen molar-refractivity contribution in [1.82, 2.24) is 10.2 Å². The minimum atomic E-state index is -0.364. The Hall–Kier alpha value is -1.07. The van der Waals surface area contributed by atoms with Crippen molar-refractivity contribution in [2.24, 2.45) is 0 Å². The van der Waals surface area contributed by atoms with Gasteiger partial charge < -0.3 is 10.2 Å². The molecular formula is C11H13ClN2O2S. The van der Waals surface area contributed by atoms with E-state index >= 15 is 0 Å². The number of nitrogens with zero attached hydrogens (tertiary/aromatic N) is 1. The number of amides is 2. The Balaban J connectivity index is 2.15. The Labute approximate surface area is 109 Å². The lowest BCUT2D eigenvalue weighted by molar-refractivity contribution is -0.146. The zero-order chi connectivity index (χ0) is 12.4. The monoisotopic (exact) mass is 272 g/mol. The molecule has 0 radical (unpaired) electrons. The summed E-state index contributed by atoms with van der Waals surface area (Å²) >= 11 is 7.29. The van der Waals surface area contributed by atoms with Crippen molar-refractivity contribution in [3.8, 4) is 0 Å². The van der Waals surface area contributed by atoms with Crippen LogP contribution in [-0.2, 0) is 16.1 Å². The zero-order valence-electron chi connectivity index (χ0n) is 9.40. The number of hydrogen-bond donors (Lipinski definition) is 1. The van der Waals surface area contributed by atoms with Crippen molar-refractivity contribution in [3.63, 3.8) is 0 Å². The smallest absolute Gasteiger partial charge is 0.243 e. The molecule has 1 aromatic heterocycles. The molecule has 1 aromatic rings. The van der Waals surface area contributed by atoms with Crippen LogP contribution in [0.1, 0.15) is 18.2 Å². The number of halogens is 1. The van der Waals surface area contributed by atoms with Crippen LogP contribution < -0.4 is 5.32 Å². The maximum atomic E-state index is 11.8. The van der Waals surface area contributed by atoms with E-state index in [1.807, 2.05) is 13.0 Å². The van der Waals surface area contributed by atoms with E-state index in [4.69, 9.17) is 11.6 Å². The number of rotatable bonds is 3. The molecule has 0 spiro atoms. The van der Waals surface area contributed by atoms with Crippen molar-refractivity contribution in [3.05, 3.63) is 21.3 Å². The molecule has 1 atom stereocenters. The van der Waals surface area contributed by atoms with Crippen molar-refractivity contribution in [1.29, 1.82) is 0 Å². The Morgan fingerprint density at radius 2 is 2.29 bits per heavy atom. The van der Waals surface area contributed by atoms with Gasteiger partial charge in [0, 0.05) is 4.88 Å². The molecule has 2 amide bonds. The molecule has 2 heterocycles. The predicted molar refractivity (Wildman–Crippen MR) is 67.0 cm³/mol. The molecule has 0 saturated carbocycles. The Bertz CT molecular complexity index is 446. The highest BCUT2D eigenvalue weighted by Gasteiger charge is 2.33. The fraction of sp³-hybridized carbons (Fsp3) is 0.455. The second-order valence-corrected chi connectivity index (χ2v) is 5.67. The van der Waals surface area contributed by atoms with E-state index < -0.39 is 0 Å². The highest BCUT2D eigenvalue weighted by Crippen LogP contribution is 2.24. The highest BCUT2D eigenvalue weighted by molar-refractivity contribution is 7.16. The first-order chi connectivity index (χ1) is 8.11. The molecule has 17 heavy (non-hydrogen) atoms. The summed E-state index contributed by atoms with van der Waals surface area (Å²) in [5.74, 6) is -0.115. The number of nitrogens with one attached hydrogen (secondary N) is 1. The maximum Gasteiger partial charge on any atom is 0.243 e. The lowest BCUT2D eigenvalue weighted by Crippen LogP contribution is -2.57. The van der Waals surface area contributed by atoms with Crippen LogP contribution in [0.15, 0.2) is 12.1 Å². The molecular weight excluding hydrogens is 260 g/mol.